The Balaban J connectivity index is 1.65. The lowest BCUT2D eigenvalue weighted by Crippen LogP contribution is -2.61. The fraction of sp³-hybridized carbons (Fsp3) is 0.276. The second-order valence-corrected chi connectivity index (χ2v) is 9.80. The molecule has 37 heavy (non-hydrogen) atoms. The molecule has 6 nitrogen and oxygen atoms in total. The van der Waals surface area contributed by atoms with Crippen LogP contribution < -0.4 is 16.2 Å². The normalized spacial score (nSPS) is 26.1. The van der Waals surface area contributed by atoms with E-state index in [9.17, 15) is 0 Å². The maximum absolute atomic E-state index is 17.3. The summed E-state index contributed by atoms with van der Waals surface area (Å²) in [5.41, 5.74) is 11.1. The van der Waals surface area contributed by atoms with Gasteiger partial charge in [-0.25, -0.2) is 4.99 Å². The molecule has 8 heteroatoms. The number of amidine groups is 1. The molecular weight excluding hydrogens is 476 g/mol. The lowest BCUT2D eigenvalue weighted by molar-refractivity contribution is -0.149. The number of ether oxygens (including phenoxy) is 3. The van der Waals surface area contributed by atoms with Gasteiger partial charge in [-0.15, -0.1) is 0 Å². The van der Waals surface area contributed by atoms with Gasteiger partial charge in [0.1, 0.15) is 11.4 Å². The summed E-state index contributed by atoms with van der Waals surface area (Å²) in [7, 11) is 0. The minimum Gasteiger partial charge on any atom is -0.484 e. The van der Waals surface area contributed by atoms with E-state index in [1.807, 2.05) is 12.1 Å². The molecule has 3 aromatic carbocycles. The summed E-state index contributed by atoms with van der Waals surface area (Å²) in [5.74, 6) is -3.88. The number of nitrogens with zero attached hydrogens (tertiary/aromatic N) is 1. The standard InChI is InChI=1S/C29H27F2N3O3/c30-29(31)25(24(19-8-3-1-4-9-19)20-10-5-2-6-11-20)36-26(33)34-28(29)17-27(14-7-15-35-18-27)37-23-13-12-21(32)16-22(23)28/h1-6,8-13,16H,7,14-15,17-18,32H2,(H2,33,34). The van der Waals surface area contributed by atoms with E-state index in [0.717, 1.165) is 0 Å². The van der Waals surface area contributed by atoms with E-state index < -0.39 is 22.8 Å². The van der Waals surface area contributed by atoms with E-state index in [1.165, 1.54) is 6.07 Å². The van der Waals surface area contributed by atoms with E-state index >= 15 is 8.78 Å². The number of benzene rings is 3. The topological polar surface area (TPSA) is 92.1 Å². The Labute approximate surface area is 213 Å². The highest BCUT2D eigenvalue weighted by Crippen LogP contribution is 2.60. The van der Waals surface area contributed by atoms with Crippen LogP contribution in [0.5, 0.6) is 5.75 Å². The van der Waals surface area contributed by atoms with Crippen LogP contribution in [-0.2, 0) is 15.0 Å². The van der Waals surface area contributed by atoms with Crippen LogP contribution in [0.4, 0.5) is 14.5 Å². The molecule has 0 amide bonds. The summed E-state index contributed by atoms with van der Waals surface area (Å²) in [6, 6.07) is 22.4. The molecule has 6 rings (SSSR count). The maximum Gasteiger partial charge on any atom is 0.334 e. The van der Waals surface area contributed by atoms with Gasteiger partial charge in [-0.05, 0) is 42.2 Å². The van der Waals surface area contributed by atoms with E-state index in [1.54, 1.807) is 60.7 Å². The molecule has 1 saturated heterocycles. The van der Waals surface area contributed by atoms with Crippen molar-refractivity contribution in [2.45, 2.75) is 36.3 Å². The zero-order valence-electron chi connectivity index (χ0n) is 20.1. The first kappa shape index (κ1) is 23.5. The van der Waals surface area contributed by atoms with Gasteiger partial charge < -0.3 is 25.7 Å². The van der Waals surface area contributed by atoms with Crippen molar-refractivity contribution in [3.05, 3.63) is 101 Å². The number of hydrogen-bond acceptors (Lipinski definition) is 6. The molecule has 3 aliphatic rings. The molecule has 3 aromatic rings. The number of nitrogens with two attached hydrogens (primary N) is 2. The number of nitrogen functional groups attached to an aromatic ring is 1. The Bertz CT molecular complexity index is 1340. The van der Waals surface area contributed by atoms with Crippen LogP contribution in [0.2, 0.25) is 0 Å². The third-order valence-corrected chi connectivity index (χ3v) is 7.30. The molecule has 0 aliphatic carbocycles. The van der Waals surface area contributed by atoms with Crippen LogP contribution >= 0.6 is 0 Å². The van der Waals surface area contributed by atoms with Crippen molar-refractivity contribution in [1.82, 2.24) is 0 Å². The second kappa shape index (κ2) is 8.59. The highest BCUT2D eigenvalue weighted by Gasteiger charge is 2.68. The Morgan fingerprint density at radius 1 is 0.892 bits per heavy atom. The largest absolute Gasteiger partial charge is 0.484 e. The summed E-state index contributed by atoms with van der Waals surface area (Å²) >= 11 is 0. The predicted molar refractivity (Wildman–Crippen MR) is 137 cm³/mol. The molecule has 3 heterocycles. The van der Waals surface area contributed by atoms with Gasteiger partial charge in [0, 0.05) is 29.9 Å². The van der Waals surface area contributed by atoms with Gasteiger partial charge in [-0.1, -0.05) is 60.7 Å². The SMILES string of the molecule is NC1=NC2(CC3(CCCOC3)Oc3ccc(N)cc32)C(F)(F)C(=C(c2ccccc2)c2ccccc2)O1. The molecule has 2 unspecified atom stereocenters. The van der Waals surface area contributed by atoms with E-state index in [0.29, 0.717) is 42.0 Å². The minimum atomic E-state index is -3.62. The lowest BCUT2D eigenvalue weighted by Gasteiger charge is -2.51. The number of halogens is 2. The first-order valence-corrected chi connectivity index (χ1v) is 12.3. The number of fused-ring (bicyclic) bond motifs is 2. The number of aliphatic imine (C=N–C) groups is 1. The summed E-state index contributed by atoms with van der Waals surface area (Å²) in [4.78, 5) is 4.37. The Hall–Kier alpha value is -3.91. The molecule has 4 N–H and O–H groups in total. The van der Waals surface area contributed by atoms with Crippen LogP contribution in [0.1, 0.15) is 36.0 Å². The monoisotopic (exact) mass is 503 g/mol. The summed E-state index contributed by atoms with van der Waals surface area (Å²) in [6.07, 6.45) is 1.09. The number of hydrogen-bond donors (Lipinski definition) is 2. The third-order valence-electron chi connectivity index (χ3n) is 7.30. The third kappa shape index (κ3) is 3.74. The predicted octanol–water partition coefficient (Wildman–Crippen LogP) is 5.24. The van der Waals surface area contributed by atoms with E-state index in [-0.39, 0.29) is 30.2 Å². The van der Waals surface area contributed by atoms with Crippen LogP contribution in [0.3, 0.4) is 0 Å². The molecule has 2 spiro atoms. The fourth-order valence-corrected chi connectivity index (χ4v) is 5.70. The molecule has 1 fully saturated rings. The zero-order chi connectivity index (χ0) is 25.7. The summed E-state index contributed by atoms with van der Waals surface area (Å²) in [5, 5.41) is 0. The average Bonchev–Trinajstić information content (AvgIpc) is 2.90. The first-order chi connectivity index (χ1) is 17.8. The minimum absolute atomic E-state index is 0.145. The van der Waals surface area contributed by atoms with Gasteiger partial charge in [0.2, 0.25) is 0 Å². The van der Waals surface area contributed by atoms with Crippen molar-refractivity contribution in [3.63, 3.8) is 0 Å². The van der Waals surface area contributed by atoms with Crippen molar-refractivity contribution < 1.29 is 23.0 Å². The molecule has 3 aliphatic heterocycles. The Kier molecular flexibility index (Phi) is 5.45. The van der Waals surface area contributed by atoms with E-state index in [4.69, 9.17) is 25.7 Å². The van der Waals surface area contributed by atoms with E-state index in [2.05, 4.69) is 4.99 Å². The van der Waals surface area contributed by atoms with Gasteiger partial charge >= 0.3 is 5.92 Å². The smallest absolute Gasteiger partial charge is 0.334 e. The summed E-state index contributed by atoms with van der Waals surface area (Å²) in [6.45, 7) is 0.725. The van der Waals surface area contributed by atoms with Crippen molar-refractivity contribution in [2.75, 3.05) is 18.9 Å². The van der Waals surface area contributed by atoms with Crippen molar-refractivity contribution >= 4 is 17.3 Å². The highest BCUT2D eigenvalue weighted by molar-refractivity contribution is 5.86. The molecule has 2 atom stereocenters. The van der Waals surface area contributed by atoms with Gasteiger partial charge in [0.15, 0.2) is 11.3 Å². The number of anilines is 1. The number of rotatable bonds is 2. The average molecular weight is 504 g/mol. The van der Waals surface area contributed by atoms with Crippen LogP contribution in [0.15, 0.2) is 89.6 Å². The van der Waals surface area contributed by atoms with Gasteiger partial charge in [0.25, 0.3) is 6.02 Å². The number of alkyl halides is 2. The van der Waals surface area contributed by atoms with Crippen molar-refractivity contribution in [1.29, 1.82) is 0 Å². The van der Waals surface area contributed by atoms with Crippen molar-refractivity contribution in [2.24, 2.45) is 10.7 Å². The molecule has 0 aromatic heterocycles. The van der Waals surface area contributed by atoms with Crippen LogP contribution in [0, 0.1) is 0 Å². The lowest BCUT2D eigenvalue weighted by atomic mass is 9.69. The molecular formula is C29H27F2N3O3. The van der Waals surface area contributed by atoms with Crippen molar-refractivity contribution in [3.8, 4) is 5.75 Å². The molecule has 190 valence electrons. The molecule has 0 bridgehead atoms. The maximum atomic E-state index is 17.3. The van der Waals surface area contributed by atoms with Crippen LogP contribution in [0.25, 0.3) is 5.57 Å². The Morgan fingerprint density at radius 2 is 1.57 bits per heavy atom. The fourth-order valence-electron chi connectivity index (χ4n) is 5.70. The highest BCUT2D eigenvalue weighted by atomic mass is 19.3. The van der Waals surface area contributed by atoms with Gasteiger partial charge in [-0.2, -0.15) is 8.78 Å². The van der Waals surface area contributed by atoms with Gasteiger partial charge in [-0.3, -0.25) is 0 Å². The van der Waals surface area contributed by atoms with Crippen LogP contribution in [-0.4, -0.2) is 30.8 Å². The molecule has 0 radical (unpaired) electrons. The summed E-state index contributed by atoms with van der Waals surface area (Å²) < 4.78 is 52.3. The van der Waals surface area contributed by atoms with Gasteiger partial charge in [0.05, 0.1) is 6.61 Å². The zero-order valence-corrected chi connectivity index (χ0v) is 20.1. The molecule has 0 saturated carbocycles. The first-order valence-electron chi connectivity index (χ1n) is 12.3. The second-order valence-electron chi connectivity index (χ2n) is 9.80. The Morgan fingerprint density at radius 3 is 2.19 bits per heavy atom. The quantitative estimate of drug-likeness (QED) is 0.467.